The maximum absolute atomic E-state index is 13.4. The minimum absolute atomic E-state index is 0.0602. The van der Waals surface area contributed by atoms with Gasteiger partial charge in [0.15, 0.2) is 0 Å². The number of halogens is 3. The zero-order valence-electron chi connectivity index (χ0n) is 9.06. The lowest BCUT2D eigenvalue weighted by Crippen LogP contribution is -2.28. The van der Waals surface area contributed by atoms with Crippen LogP contribution in [-0.4, -0.2) is 24.4 Å². The minimum Gasteiger partial charge on any atom is -0.346 e. The Balaban J connectivity index is 2.90. The first kappa shape index (κ1) is 13.1. The molecule has 0 aliphatic heterocycles. The largest absolute Gasteiger partial charge is 0.346 e. The fraction of sp³-hybridized carbons (Fsp3) is 0.364. The van der Waals surface area contributed by atoms with Crippen molar-refractivity contribution in [2.24, 2.45) is 0 Å². The summed E-state index contributed by atoms with van der Waals surface area (Å²) in [6.07, 6.45) is -0.125. The highest BCUT2D eigenvalue weighted by molar-refractivity contribution is 9.10. The molecule has 0 unspecified atom stereocenters. The zero-order chi connectivity index (χ0) is 12.3. The number of hydrogen-bond acceptors (Lipinski definition) is 1. The van der Waals surface area contributed by atoms with Gasteiger partial charge in [-0.2, -0.15) is 0 Å². The molecule has 88 valence electrons. The summed E-state index contributed by atoms with van der Waals surface area (Å²) in [6, 6.07) is 2.07. The molecule has 0 N–H and O–H groups in total. The number of benzene rings is 1. The fourth-order valence-corrected chi connectivity index (χ4v) is 1.49. The van der Waals surface area contributed by atoms with Gasteiger partial charge in [-0.3, -0.25) is 4.79 Å². The molecule has 0 saturated heterocycles. The van der Waals surface area contributed by atoms with Crippen LogP contribution in [0.5, 0.6) is 0 Å². The predicted molar refractivity (Wildman–Crippen MR) is 61.1 cm³/mol. The average molecular weight is 292 g/mol. The molecule has 0 aliphatic rings. The molecule has 1 rings (SSSR count). The van der Waals surface area contributed by atoms with Crippen LogP contribution in [-0.2, 0) is 11.2 Å². The van der Waals surface area contributed by atoms with Gasteiger partial charge in [0.05, 0.1) is 10.9 Å². The molecule has 16 heavy (non-hydrogen) atoms. The van der Waals surface area contributed by atoms with Crippen molar-refractivity contribution < 1.29 is 13.6 Å². The van der Waals surface area contributed by atoms with E-state index in [4.69, 9.17) is 0 Å². The molecule has 2 nitrogen and oxygen atoms in total. The lowest BCUT2D eigenvalue weighted by atomic mass is 10.1. The van der Waals surface area contributed by atoms with E-state index in [1.54, 1.807) is 7.05 Å². The van der Waals surface area contributed by atoms with Gasteiger partial charge in [-0.1, -0.05) is 0 Å². The van der Waals surface area contributed by atoms with Crippen LogP contribution in [0.2, 0.25) is 0 Å². The number of rotatable bonds is 3. The molecule has 0 aliphatic carbocycles. The van der Waals surface area contributed by atoms with Crippen molar-refractivity contribution in [1.82, 2.24) is 4.90 Å². The molecule has 1 aromatic rings. The Hall–Kier alpha value is -0.970. The number of hydrogen-bond donors (Lipinski definition) is 0. The first-order valence-corrected chi connectivity index (χ1v) is 5.62. The number of carbonyl (C=O) groups excluding carboxylic acids is 1. The van der Waals surface area contributed by atoms with Gasteiger partial charge in [0.1, 0.15) is 11.6 Å². The SMILES string of the molecule is CCN(C)C(=O)Cc1cc(F)c(Br)cc1F. The Morgan fingerprint density at radius 3 is 2.56 bits per heavy atom. The smallest absolute Gasteiger partial charge is 0.226 e. The third-order valence-electron chi connectivity index (χ3n) is 2.33. The van der Waals surface area contributed by atoms with Crippen molar-refractivity contribution in [2.45, 2.75) is 13.3 Å². The van der Waals surface area contributed by atoms with Gasteiger partial charge in [-0.25, -0.2) is 8.78 Å². The summed E-state index contributed by atoms with van der Waals surface area (Å²) in [5, 5.41) is 0. The van der Waals surface area contributed by atoms with Gasteiger partial charge in [0, 0.05) is 19.2 Å². The maximum Gasteiger partial charge on any atom is 0.226 e. The summed E-state index contributed by atoms with van der Waals surface area (Å²) in [7, 11) is 1.62. The molecule has 0 atom stereocenters. The monoisotopic (exact) mass is 291 g/mol. The number of likely N-dealkylation sites (N-methyl/N-ethyl adjacent to an activating group) is 1. The highest BCUT2D eigenvalue weighted by Gasteiger charge is 2.13. The Kier molecular flexibility index (Phi) is 4.41. The molecule has 0 saturated carbocycles. The molecule has 0 spiro atoms. The van der Waals surface area contributed by atoms with Crippen LogP contribution in [0.15, 0.2) is 16.6 Å². The lowest BCUT2D eigenvalue weighted by Gasteiger charge is -2.14. The third-order valence-corrected chi connectivity index (χ3v) is 2.94. The van der Waals surface area contributed by atoms with Crippen LogP contribution < -0.4 is 0 Å². The standard InChI is InChI=1S/C11H12BrF2NO/c1-3-15(2)11(16)5-7-4-10(14)8(12)6-9(7)13/h4,6H,3,5H2,1-2H3. The van der Waals surface area contributed by atoms with Crippen molar-refractivity contribution in [3.8, 4) is 0 Å². The van der Waals surface area contributed by atoms with E-state index in [1.807, 2.05) is 6.92 Å². The summed E-state index contributed by atoms with van der Waals surface area (Å²) in [5.74, 6) is -1.38. The van der Waals surface area contributed by atoms with Gasteiger partial charge in [0.2, 0.25) is 5.91 Å². The van der Waals surface area contributed by atoms with Gasteiger partial charge >= 0.3 is 0 Å². The molecule has 0 radical (unpaired) electrons. The summed E-state index contributed by atoms with van der Waals surface area (Å²) in [6.45, 7) is 2.36. The average Bonchev–Trinajstić information content (AvgIpc) is 2.24. The van der Waals surface area contributed by atoms with E-state index in [-0.39, 0.29) is 22.4 Å². The zero-order valence-corrected chi connectivity index (χ0v) is 10.6. The number of nitrogens with zero attached hydrogens (tertiary/aromatic N) is 1. The van der Waals surface area contributed by atoms with E-state index in [2.05, 4.69) is 15.9 Å². The molecule has 0 aromatic heterocycles. The van der Waals surface area contributed by atoms with Crippen molar-refractivity contribution in [3.63, 3.8) is 0 Å². The maximum atomic E-state index is 13.4. The minimum atomic E-state index is -0.578. The normalized spacial score (nSPS) is 10.3. The van der Waals surface area contributed by atoms with E-state index in [9.17, 15) is 13.6 Å². The Morgan fingerprint density at radius 1 is 1.38 bits per heavy atom. The first-order chi connectivity index (χ1) is 7.45. The fourth-order valence-electron chi connectivity index (χ4n) is 1.17. The van der Waals surface area contributed by atoms with Gasteiger partial charge in [0.25, 0.3) is 0 Å². The van der Waals surface area contributed by atoms with E-state index in [0.717, 1.165) is 12.1 Å². The van der Waals surface area contributed by atoms with Crippen LogP contribution in [0.4, 0.5) is 8.78 Å². The molecule has 0 bridgehead atoms. The summed E-state index contributed by atoms with van der Waals surface area (Å²) in [4.78, 5) is 13.0. The molecule has 1 aromatic carbocycles. The summed E-state index contributed by atoms with van der Waals surface area (Å²) < 4.78 is 26.6. The van der Waals surface area contributed by atoms with Gasteiger partial charge in [-0.15, -0.1) is 0 Å². The molecule has 0 heterocycles. The van der Waals surface area contributed by atoms with E-state index in [0.29, 0.717) is 6.54 Å². The molecular formula is C11H12BrF2NO. The van der Waals surface area contributed by atoms with Gasteiger partial charge in [-0.05, 0) is 35.0 Å². The summed E-state index contributed by atoms with van der Waals surface area (Å²) in [5.41, 5.74) is 0.0750. The predicted octanol–water partition coefficient (Wildman–Crippen LogP) is 2.75. The molecule has 5 heteroatoms. The third kappa shape index (κ3) is 3.01. The topological polar surface area (TPSA) is 20.3 Å². The lowest BCUT2D eigenvalue weighted by molar-refractivity contribution is -0.129. The van der Waals surface area contributed by atoms with Crippen LogP contribution in [0.25, 0.3) is 0 Å². The van der Waals surface area contributed by atoms with E-state index in [1.165, 1.54) is 4.90 Å². The Morgan fingerprint density at radius 2 is 2.00 bits per heavy atom. The van der Waals surface area contributed by atoms with Crippen molar-refractivity contribution in [1.29, 1.82) is 0 Å². The molecule has 1 amide bonds. The van der Waals surface area contributed by atoms with Crippen molar-refractivity contribution in [3.05, 3.63) is 33.8 Å². The van der Waals surface area contributed by atoms with Crippen LogP contribution in [0.1, 0.15) is 12.5 Å². The van der Waals surface area contributed by atoms with E-state index < -0.39 is 11.6 Å². The first-order valence-electron chi connectivity index (χ1n) is 4.83. The summed E-state index contributed by atoms with van der Waals surface area (Å²) >= 11 is 2.88. The van der Waals surface area contributed by atoms with Crippen molar-refractivity contribution >= 4 is 21.8 Å². The van der Waals surface area contributed by atoms with Crippen LogP contribution >= 0.6 is 15.9 Å². The molecule has 0 fully saturated rings. The van der Waals surface area contributed by atoms with Crippen LogP contribution in [0, 0.1) is 11.6 Å². The Bertz CT molecular complexity index is 409. The van der Waals surface area contributed by atoms with Gasteiger partial charge < -0.3 is 4.90 Å². The second-order valence-corrected chi connectivity index (χ2v) is 4.30. The number of carbonyl (C=O) groups is 1. The van der Waals surface area contributed by atoms with Crippen molar-refractivity contribution in [2.75, 3.05) is 13.6 Å². The highest BCUT2D eigenvalue weighted by Crippen LogP contribution is 2.20. The quantitative estimate of drug-likeness (QED) is 0.784. The Labute approximate surface area is 101 Å². The van der Waals surface area contributed by atoms with Crippen LogP contribution in [0.3, 0.4) is 0 Å². The van der Waals surface area contributed by atoms with E-state index >= 15 is 0 Å². The molecular weight excluding hydrogens is 280 g/mol. The second-order valence-electron chi connectivity index (χ2n) is 3.44. The highest BCUT2D eigenvalue weighted by atomic mass is 79.9. The number of amides is 1. The second kappa shape index (κ2) is 5.39.